The molecule has 1 heterocycles. The second-order valence-electron chi connectivity index (χ2n) is 4.98. The van der Waals surface area contributed by atoms with Gasteiger partial charge in [-0.05, 0) is 12.8 Å². The Morgan fingerprint density at radius 2 is 1.88 bits per heavy atom. The van der Waals surface area contributed by atoms with Crippen molar-refractivity contribution in [3.8, 4) is 5.75 Å². The number of nitrogens with two attached hydrogens (primary N) is 1. The van der Waals surface area contributed by atoms with Crippen molar-refractivity contribution in [2.24, 2.45) is 5.73 Å². The van der Waals surface area contributed by atoms with Gasteiger partial charge in [-0.3, -0.25) is 0 Å². The number of fused-ring (bicyclic) bond motifs is 1. The zero-order valence-electron chi connectivity index (χ0n) is 9.56. The van der Waals surface area contributed by atoms with Crippen molar-refractivity contribution in [1.29, 1.82) is 0 Å². The molecule has 0 amide bonds. The average molecular weight is 239 g/mol. The summed E-state index contributed by atoms with van der Waals surface area (Å²) in [5.74, 6) is -0.922. The van der Waals surface area contributed by atoms with Gasteiger partial charge >= 0.3 is 0 Å². The molecule has 2 aliphatic rings. The highest BCUT2D eigenvalue weighted by molar-refractivity contribution is 5.48. The van der Waals surface area contributed by atoms with Crippen molar-refractivity contribution in [2.75, 3.05) is 6.61 Å². The molecule has 0 saturated heterocycles. The van der Waals surface area contributed by atoms with E-state index in [0.29, 0.717) is 24.2 Å². The molecule has 17 heavy (non-hydrogen) atoms. The van der Waals surface area contributed by atoms with E-state index in [1.54, 1.807) is 0 Å². The maximum atomic E-state index is 14.0. The first-order valence-electron chi connectivity index (χ1n) is 6.05. The van der Waals surface area contributed by atoms with E-state index >= 15 is 0 Å². The summed E-state index contributed by atoms with van der Waals surface area (Å²) in [6.07, 6.45) is 4.09. The van der Waals surface area contributed by atoms with Crippen LogP contribution < -0.4 is 10.5 Å². The summed E-state index contributed by atoms with van der Waals surface area (Å²) in [4.78, 5) is 0. The standard InChI is InChI=1S/C13H15F2NO/c14-9-7-10(15)12-8(3-6-17-12)11(9)13(16)4-1-2-5-13/h7H,1-6,16H2. The minimum atomic E-state index is -0.629. The topological polar surface area (TPSA) is 35.2 Å². The Bertz CT molecular complexity index is 467. The lowest BCUT2D eigenvalue weighted by Gasteiger charge is -2.27. The molecule has 1 aromatic rings. The van der Waals surface area contributed by atoms with Gasteiger partial charge in [0.1, 0.15) is 5.82 Å². The van der Waals surface area contributed by atoms with Gasteiger partial charge in [-0.15, -0.1) is 0 Å². The van der Waals surface area contributed by atoms with Crippen LogP contribution in [0.25, 0.3) is 0 Å². The van der Waals surface area contributed by atoms with Gasteiger partial charge in [0.15, 0.2) is 11.6 Å². The van der Waals surface area contributed by atoms with E-state index in [-0.39, 0.29) is 5.75 Å². The molecule has 0 bridgehead atoms. The molecule has 0 spiro atoms. The molecule has 0 aromatic heterocycles. The van der Waals surface area contributed by atoms with Gasteiger partial charge in [0.25, 0.3) is 0 Å². The third kappa shape index (κ3) is 1.54. The maximum absolute atomic E-state index is 14.0. The molecule has 0 radical (unpaired) electrons. The minimum absolute atomic E-state index is 0.207. The molecule has 3 rings (SSSR count). The maximum Gasteiger partial charge on any atom is 0.168 e. The van der Waals surface area contributed by atoms with Crippen LogP contribution in [0.2, 0.25) is 0 Å². The summed E-state index contributed by atoms with van der Waals surface area (Å²) < 4.78 is 32.8. The van der Waals surface area contributed by atoms with Gasteiger partial charge in [-0.2, -0.15) is 0 Å². The highest BCUT2D eigenvalue weighted by atomic mass is 19.1. The van der Waals surface area contributed by atoms with E-state index in [9.17, 15) is 8.78 Å². The van der Waals surface area contributed by atoms with Crippen LogP contribution in [0.3, 0.4) is 0 Å². The third-order valence-corrected chi connectivity index (χ3v) is 3.88. The van der Waals surface area contributed by atoms with Crippen molar-refractivity contribution in [3.63, 3.8) is 0 Å². The zero-order valence-corrected chi connectivity index (χ0v) is 9.56. The number of hydrogen-bond acceptors (Lipinski definition) is 2. The van der Waals surface area contributed by atoms with E-state index < -0.39 is 17.2 Å². The Labute approximate surface area is 98.8 Å². The van der Waals surface area contributed by atoms with Crippen LogP contribution in [-0.4, -0.2) is 6.61 Å². The van der Waals surface area contributed by atoms with Crippen LogP contribution in [0.15, 0.2) is 6.07 Å². The summed E-state index contributed by atoms with van der Waals surface area (Å²) in [6, 6.07) is 0.909. The second-order valence-corrected chi connectivity index (χ2v) is 4.98. The van der Waals surface area contributed by atoms with Crippen molar-refractivity contribution in [1.82, 2.24) is 0 Å². The van der Waals surface area contributed by atoms with Gasteiger partial charge in [0.2, 0.25) is 0 Å². The molecule has 1 aliphatic carbocycles. The summed E-state index contributed by atoms with van der Waals surface area (Å²) in [5, 5.41) is 0. The van der Waals surface area contributed by atoms with Crippen molar-refractivity contribution in [2.45, 2.75) is 37.6 Å². The SMILES string of the molecule is NC1(c2c(F)cc(F)c3c2CCO3)CCCC1. The second kappa shape index (κ2) is 3.67. The van der Waals surface area contributed by atoms with Crippen LogP contribution in [0.5, 0.6) is 5.75 Å². The van der Waals surface area contributed by atoms with Gasteiger partial charge in [0.05, 0.1) is 6.61 Å². The Morgan fingerprint density at radius 3 is 2.59 bits per heavy atom. The average Bonchev–Trinajstić information content (AvgIpc) is 2.87. The number of rotatable bonds is 1. The van der Waals surface area contributed by atoms with E-state index in [4.69, 9.17) is 10.5 Å². The van der Waals surface area contributed by atoms with E-state index in [0.717, 1.165) is 31.7 Å². The van der Waals surface area contributed by atoms with Crippen LogP contribution >= 0.6 is 0 Å². The summed E-state index contributed by atoms with van der Waals surface area (Å²) in [6.45, 7) is 0.415. The number of ether oxygens (including phenoxy) is 1. The molecule has 1 saturated carbocycles. The summed E-state index contributed by atoms with van der Waals surface area (Å²) in [7, 11) is 0. The first-order chi connectivity index (χ1) is 8.12. The van der Waals surface area contributed by atoms with Gasteiger partial charge in [-0.1, -0.05) is 12.8 Å². The monoisotopic (exact) mass is 239 g/mol. The third-order valence-electron chi connectivity index (χ3n) is 3.88. The number of hydrogen-bond donors (Lipinski definition) is 1. The molecule has 4 heteroatoms. The fourth-order valence-corrected chi connectivity index (χ4v) is 3.09. The predicted octanol–water partition coefficient (Wildman–Crippen LogP) is 2.63. The molecule has 1 aliphatic heterocycles. The van der Waals surface area contributed by atoms with Crippen molar-refractivity contribution < 1.29 is 13.5 Å². The van der Waals surface area contributed by atoms with Crippen LogP contribution in [-0.2, 0) is 12.0 Å². The molecular formula is C13H15F2NO. The normalized spacial score (nSPS) is 21.4. The number of halogens is 2. The molecule has 2 nitrogen and oxygen atoms in total. The van der Waals surface area contributed by atoms with Gasteiger partial charge < -0.3 is 10.5 Å². The zero-order chi connectivity index (χ0) is 12.0. The summed E-state index contributed by atoms with van der Waals surface area (Å²) in [5.41, 5.74) is 6.79. The molecule has 92 valence electrons. The molecule has 0 unspecified atom stereocenters. The fourth-order valence-electron chi connectivity index (χ4n) is 3.09. The Morgan fingerprint density at radius 1 is 1.18 bits per heavy atom. The molecule has 0 atom stereocenters. The van der Waals surface area contributed by atoms with Crippen molar-refractivity contribution in [3.05, 3.63) is 28.8 Å². The smallest absolute Gasteiger partial charge is 0.168 e. The quantitative estimate of drug-likeness (QED) is 0.817. The van der Waals surface area contributed by atoms with Gasteiger partial charge in [-0.25, -0.2) is 8.78 Å². The van der Waals surface area contributed by atoms with Crippen LogP contribution in [0.1, 0.15) is 36.8 Å². The molecule has 2 N–H and O–H groups in total. The van der Waals surface area contributed by atoms with Crippen LogP contribution in [0.4, 0.5) is 8.78 Å². The molecular weight excluding hydrogens is 224 g/mol. The lowest BCUT2D eigenvalue weighted by atomic mass is 9.84. The largest absolute Gasteiger partial charge is 0.490 e. The Hall–Kier alpha value is -1.16. The van der Waals surface area contributed by atoms with E-state index in [1.807, 2.05) is 0 Å². The Balaban J connectivity index is 2.19. The van der Waals surface area contributed by atoms with Crippen molar-refractivity contribution >= 4 is 0 Å². The van der Waals surface area contributed by atoms with Gasteiger partial charge in [0, 0.05) is 29.2 Å². The highest BCUT2D eigenvalue weighted by Crippen LogP contribution is 2.44. The Kier molecular flexibility index (Phi) is 2.36. The van der Waals surface area contributed by atoms with Crippen LogP contribution in [0, 0.1) is 11.6 Å². The first-order valence-corrected chi connectivity index (χ1v) is 6.05. The fraction of sp³-hybridized carbons (Fsp3) is 0.538. The number of benzene rings is 1. The lowest BCUT2D eigenvalue weighted by Crippen LogP contribution is -2.35. The molecule has 1 fully saturated rings. The summed E-state index contributed by atoms with van der Waals surface area (Å²) >= 11 is 0. The molecule has 1 aromatic carbocycles. The van der Waals surface area contributed by atoms with E-state index in [1.165, 1.54) is 0 Å². The lowest BCUT2D eigenvalue weighted by molar-refractivity contribution is 0.338. The minimum Gasteiger partial charge on any atom is -0.490 e. The first kappa shape index (κ1) is 11.0. The van der Waals surface area contributed by atoms with E-state index in [2.05, 4.69) is 0 Å². The highest BCUT2D eigenvalue weighted by Gasteiger charge is 2.38. The predicted molar refractivity (Wildman–Crippen MR) is 59.9 cm³/mol.